The summed E-state index contributed by atoms with van der Waals surface area (Å²) in [4.78, 5) is 0. The highest BCUT2D eigenvalue weighted by molar-refractivity contribution is 7.99. The van der Waals surface area contributed by atoms with E-state index >= 15 is 0 Å². The van der Waals surface area contributed by atoms with Gasteiger partial charge in [0.05, 0.1) is 0 Å². The van der Waals surface area contributed by atoms with E-state index in [2.05, 4.69) is 17.1 Å². The lowest BCUT2D eigenvalue weighted by Crippen LogP contribution is -2.23. The molecule has 0 atom stereocenters. The first kappa shape index (κ1) is 6.05. The number of hydrogen-bond acceptors (Lipinski definition) is 2. The summed E-state index contributed by atoms with van der Waals surface area (Å²) in [6.45, 7) is 2.52. The third kappa shape index (κ3) is 1.24. The first-order chi connectivity index (χ1) is 4.41. The van der Waals surface area contributed by atoms with Crippen molar-refractivity contribution < 1.29 is 0 Å². The van der Waals surface area contributed by atoms with Crippen molar-refractivity contribution in [2.24, 2.45) is 5.41 Å². The minimum Gasteiger partial charge on any atom is -0.315 e. The van der Waals surface area contributed by atoms with E-state index < -0.39 is 0 Å². The van der Waals surface area contributed by atoms with Crippen molar-refractivity contribution >= 4 is 11.8 Å². The molecule has 0 unspecified atom stereocenters. The standard InChI is InChI=1S/C7H13NS/c1-2-7(1)5-8-3-4-9-6-7/h8H,1-6H2. The fraction of sp³-hybridized carbons (Fsp3) is 1.00. The molecule has 0 aromatic heterocycles. The summed E-state index contributed by atoms with van der Waals surface area (Å²) < 4.78 is 0. The SMILES string of the molecule is C1CSCC2(CC2)CN1. The molecule has 0 aromatic rings. The second-order valence-electron chi connectivity index (χ2n) is 3.23. The second kappa shape index (κ2) is 2.17. The molecule has 2 aliphatic rings. The van der Waals surface area contributed by atoms with Crippen LogP contribution in [0.1, 0.15) is 12.8 Å². The molecule has 2 rings (SSSR count). The second-order valence-corrected chi connectivity index (χ2v) is 4.33. The van der Waals surface area contributed by atoms with Crippen LogP contribution in [0.5, 0.6) is 0 Å². The first-order valence-corrected chi connectivity index (χ1v) is 4.85. The Morgan fingerprint density at radius 2 is 2.22 bits per heavy atom. The Morgan fingerprint density at radius 3 is 3.00 bits per heavy atom. The van der Waals surface area contributed by atoms with Crippen molar-refractivity contribution in [1.29, 1.82) is 0 Å². The van der Waals surface area contributed by atoms with Crippen LogP contribution in [0.2, 0.25) is 0 Å². The largest absolute Gasteiger partial charge is 0.315 e. The van der Waals surface area contributed by atoms with Crippen LogP contribution in [0.15, 0.2) is 0 Å². The summed E-state index contributed by atoms with van der Waals surface area (Å²) in [6.07, 6.45) is 2.96. The van der Waals surface area contributed by atoms with E-state index in [-0.39, 0.29) is 0 Å². The van der Waals surface area contributed by atoms with Gasteiger partial charge in [-0.05, 0) is 18.3 Å². The zero-order chi connectivity index (χ0) is 6.16. The van der Waals surface area contributed by atoms with Gasteiger partial charge in [0.2, 0.25) is 0 Å². The Kier molecular flexibility index (Phi) is 1.46. The molecule has 1 heterocycles. The number of hydrogen-bond donors (Lipinski definition) is 1. The fourth-order valence-electron chi connectivity index (χ4n) is 1.34. The van der Waals surface area contributed by atoms with E-state index in [0.717, 1.165) is 5.41 Å². The fourth-order valence-corrected chi connectivity index (χ4v) is 2.59. The van der Waals surface area contributed by atoms with Gasteiger partial charge in [-0.15, -0.1) is 0 Å². The van der Waals surface area contributed by atoms with Crippen molar-refractivity contribution in [3.05, 3.63) is 0 Å². The van der Waals surface area contributed by atoms with Crippen molar-refractivity contribution in [2.45, 2.75) is 12.8 Å². The van der Waals surface area contributed by atoms with E-state index in [1.807, 2.05) is 0 Å². The number of nitrogens with one attached hydrogen (secondary N) is 1. The van der Waals surface area contributed by atoms with E-state index in [9.17, 15) is 0 Å². The van der Waals surface area contributed by atoms with E-state index in [1.54, 1.807) is 0 Å². The maximum Gasteiger partial charge on any atom is 0.00583 e. The highest BCUT2D eigenvalue weighted by Crippen LogP contribution is 2.48. The van der Waals surface area contributed by atoms with Gasteiger partial charge < -0.3 is 5.32 Å². The van der Waals surface area contributed by atoms with Gasteiger partial charge in [-0.2, -0.15) is 11.8 Å². The van der Waals surface area contributed by atoms with Gasteiger partial charge in [-0.25, -0.2) is 0 Å². The number of thioether (sulfide) groups is 1. The predicted molar refractivity (Wildman–Crippen MR) is 41.9 cm³/mol. The predicted octanol–water partition coefficient (Wildman–Crippen LogP) is 1.10. The molecule has 52 valence electrons. The Bertz CT molecular complexity index is 99.5. The molecule has 1 saturated heterocycles. The molecule has 2 fully saturated rings. The lowest BCUT2D eigenvalue weighted by atomic mass is 10.1. The molecule has 0 bridgehead atoms. The minimum atomic E-state index is 0.765. The van der Waals surface area contributed by atoms with Crippen molar-refractivity contribution in [3.8, 4) is 0 Å². The van der Waals surface area contributed by atoms with Crippen LogP contribution in [0.4, 0.5) is 0 Å². The maximum atomic E-state index is 3.48. The van der Waals surface area contributed by atoms with Gasteiger partial charge in [0.1, 0.15) is 0 Å². The zero-order valence-electron chi connectivity index (χ0n) is 5.65. The monoisotopic (exact) mass is 143 g/mol. The third-order valence-corrected chi connectivity index (χ3v) is 3.60. The Balaban J connectivity index is 1.92. The Labute approximate surface area is 60.6 Å². The van der Waals surface area contributed by atoms with Crippen LogP contribution in [-0.2, 0) is 0 Å². The van der Waals surface area contributed by atoms with Crippen molar-refractivity contribution in [3.63, 3.8) is 0 Å². The lowest BCUT2D eigenvalue weighted by Gasteiger charge is -2.08. The molecular formula is C7H13NS. The quantitative estimate of drug-likeness (QED) is 0.545. The number of rotatable bonds is 0. The summed E-state index contributed by atoms with van der Waals surface area (Å²) >= 11 is 2.12. The van der Waals surface area contributed by atoms with Crippen LogP contribution < -0.4 is 5.32 Å². The molecule has 0 amide bonds. The maximum absolute atomic E-state index is 3.48. The lowest BCUT2D eigenvalue weighted by molar-refractivity contribution is 0.530. The summed E-state index contributed by atoms with van der Waals surface area (Å²) in [6, 6.07) is 0. The molecule has 1 spiro atoms. The van der Waals surface area contributed by atoms with Crippen molar-refractivity contribution in [1.82, 2.24) is 5.32 Å². The molecule has 1 N–H and O–H groups in total. The van der Waals surface area contributed by atoms with Crippen LogP contribution in [0.3, 0.4) is 0 Å². The van der Waals surface area contributed by atoms with Gasteiger partial charge >= 0.3 is 0 Å². The highest BCUT2D eigenvalue weighted by atomic mass is 32.2. The van der Waals surface area contributed by atoms with E-state index in [0.29, 0.717) is 0 Å². The summed E-state index contributed by atoms with van der Waals surface area (Å²) in [5.41, 5.74) is 0.765. The van der Waals surface area contributed by atoms with Crippen LogP contribution >= 0.6 is 11.8 Å². The topological polar surface area (TPSA) is 12.0 Å². The minimum absolute atomic E-state index is 0.765. The molecule has 9 heavy (non-hydrogen) atoms. The molecule has 1 aliphatic heterocycles. The molecule has 1 saturated carbocycles. The Morgan fingerprint density at radius 1 is 1.33 bits per heavy atom. The smallest absolute Gasteiger partial charge is 0.00583 e. The van der Waals surface area contributed by atoms with Gasteiger partial charge in [-0.1, -0.05) is 0 Å². The molecular weight excluding hydrogens is 130 g/mol. The van der Waals surface area contributed by atoms with Crippen molar-refractivity contribution in [2.75, 3.05) is 24.6 Å². The molecule has 1 nitrogen and oxygen atoms in total. The molecule has 2 heteroatoms. The van der Waals surface area contributed by atoms with Gasteiger partial charge in [0.25, 0.3) is 0 Å². The summed E-state index contributed by atoms with van der Waals surface area (Å²) in [7, 11) is 0. The van der Waals surface area contributed by atoms with Gasteiger partial charge in [-0.3, -0.25) is 0 Å². The highest BCUT2D eigenvalue weighted by Gasteiger charge is 2.42. The van der Waals surface area contributed by atoms with Crippen LogP contribution in [0, 0.1) is 5.41 Å². The molecule has 0 aromatic carbocycles. The van der Waals surface area contributed by atoms with Crippen LogP contribution in [0.25, 0.3) is 0 Å². The normalized spacial score (nSPS) is 32.0. The van der Waals surface area contributed by atoms with Crippen LogP contribution in [-0.4, -0.2) is 24.6 Å². The summed E-state index contributed by atoms with van der Waals surface area (Å²) in [5, 5.41) is 3.48. The zero-order valence-corrected chi connectivity index (χ0v) is 6.47. The molecule has 0 radical (unpaired) electrons. The first-order valence-electron chi connectivity index (χ1n) is 3.70. The van der Waals surface area contributed by atoms with E-state index in [4.69, 9.17) is 0 Å². The Hall–Kier alpha value is 0.310. The average molecular weight is 143 g/mol. The summed E-state index contributed by atoms with van der Waals surface area (Å²) in [5.74, 6) is 2.74. The van der Waals surface area contributed by atoms with Gasteiger partial charge in [0.15, 0.2) is 0 Å². The van der Waals surface area contributed by atoms with E-state index in [1.165, 1.54) is 37.4 Å². The average Bonchev–Trinajstić information content (AvgIpc) is 2.64. The molecule has 1 aliphatic carbocycles. The van der Waals surface area contributed by atoms with Gasteiger partial charge in [0, 0.05) is 24.6 Å². The third-order valence-electron chi connectivity index (χ3n) is 2.29.